The van der Waals surface area contributed by atoms with E-state index in [2.05, 4.69) is 35.1 Å². The van der Waals surface area contributed by atoms with Crippen LogP contribution in [0, 0.1) is 5.41 Å². The van der Waals surface area contributed by atoms with Crippen LogP contribution >= 0.6 is 15.9 Å². The zero-order valence-corrected chi connectivity index (χ0v) is 14.1. The molecule has 0 spiro atoms. The quantitative estimate of drug-likeness (QED) is 0.797. The number of rotatable bonds is 6. The summed E-state index contributed by atoms with van der Waals surface area (Å²) in [5.74, 6) is 1.21. The number of carbonyl (C=O) groups is 1. The van der Waals surface area contributed by atoms with E-state index >= 15 is 0 Å². The summed E-state index contributed by atoms with van der Waals surface area (Å²) in [5, 5.41) is 3.88. The Hall–Kier alpha value is -1.23. The van der Waals surface area contributed by atoms with E-state index in [4.69, 9.17) is 9.47 Å². The molecule has 0 aromatic heterocycles. The molecule has 0 saturated heterocycles. The summed E-state index contributed by atoms with van der Waals surface area (Å²) in [4.78, 5) is 12.3. The van der Waals surface area contributed by atoms with E-state index in [0.29, 0.717) is 18.0 Å². The van der Waals surface area contributed by atoms with Gasteiger partial charge in [0, 0.05) is 11.9 Å². The highest BCUT2D eigenvalue weighted by molar-refractivity contribution is 9.09. The molecule has 1 aromatic carbocycles. The molecule has 1 amide bonds. The van der Waals surface area contributed by atoms with E-state index < -0.39 is 6.10 Å². The average molecular weight is 356 g/mol. The number of nitrogens with one attached hydrogen (secondary N) is 1. The van der Waals surface area contributed by atoms with Crippen LogP contribution in [0.15, 0.2) is 24.3 Å². The van der Waals surface area contributed by atoms with Crippen molar-refractivity contribution in [3.63, 3.8) is 0 Å². The summed E-state index contributed by atoms with van der Waals surface area (Å²) in [6, 6.07) is 7.41. The first kappa shape index (κ1) is 16.1. The Morgan fingerprint density at radius 3 is 2.62 bits per heavy atom. The van der Waals surface area contributed by atoms with Gasteiger partial charge in [0.25, 0.3) is 5.91 Å². The number of amides is 1. The molecular formula is C16H22BrNO3. The second-order valence-corrected chi connectivity index (χ2v) is 5.98. The van der Waals surface area contributed by atoms with Crippen LogP contribution in [0.3, 0.4) is 0 Å². The van der Waals surface area contributed by atoms with Crippen LogP contribution in [0.2, 0.25) is 0 Å². The summed E-state index contributed by atoms with van der Waals surface area (Å²) in [6.07, 6.45) is 1.45. The monoisotopic (exact) mass is 355 g/mol. The van der Waals surface area contributed by atoms with Crippen LogP contribution in [0.4, 0.5) is 0 Å². The summed E-state index contributed by atoms with van der Waals surface area (Å²) >= 11 is 3.55. The molecule has 1 aliphatic rings. The van der Waals surface area contributed by atoms with Gasteiger partial charge in [-0.2, -0.15) is 0 Å². The van der Waals surface area contributed by atoms with Gasteiger partial charge in [-0.3, -0.25) is 4.79 Å². The highest BCUT2D eigenvalue weighted by Crippen LogP contribution is 2.31. The third-order valence-electron chi connectivity index (χ3n) is 4.22. The summed E-state index contributed by atoms with van der Waals surface area (Å²) in [7, 11) is 0. The Morgan fingerprint density at radius 2 is 2.00 bits per heavy atom. The van der Waals surface area contributed by atoms with Gasteiger partial charge in [0.1, 0.15) is 6.61 Å². The SMILES string of the molecule is CCC(CC)(CBr)CNC(=O)C1COc2ccccc2O1. The van der Waals surface area contributed by atoms with Gasteiger partial charge in [0.05, 0.1) is 0 Å². The van der Waals surface area contributed by atoms with E-state index in [1.54, 1.807) is 0 Å². The lowest BCUT2D eigenvalue weighted by molar-refractivity contribution is -0.130. The fraction of sp³-hybridized carbons (Fsp3) is 0.562. The maximum Gasteiger partial charge on any atom is 0.264 e. The van der Waals surface area contributed by atoms with Crippen LogP contribution in [-0.2, 0) is 4.79 Å². The molecule has 4 nitrogen and oxygen atoms in total. The maximum atomic E-state index is 12.3. The zero-order chi connectivity index (χ0) is 15.3. The second kappa shape index (κ2) is 7.16. The van der Waals surface area contributed by atoms with Crippen LogP contribution in [0.25, 0.3) is 0 Å². The molecule has 1 aromatic rings. The molecule has 0 saturated carbocycles. The molecule has 1 aliphatic heterocycles. The van der Waals surface area contributed by atoms with Gasteiger partial charge in [-0.25, -0.2) is 0 Å². The lowest BCUT2D eigenvalue weighted by Crippen LogP contribution is -2.47. The number of fused-ring (bicyclic) bond motifs is 1. The fourth-order valence-electron chi connectivity index (χ4n) is 2.27. The third kappa shape index (κ3) is 3.70. The van der Waals surface area contributed by atoms with E-state index in [-0.39, 0.29) is 17.9 Å². The predicted molar refractivity (Wildman–Crippen MR) is 86.2 cm³/mol. The number of benzene rings is 1. The van der Waals surface area contributed by atoms with Gasteiger partial charge in [0.15, 0.2) is 11.5 Å². The first-order valence-corrected chi connectivity index (χ1v) is 8.48. The lowest BCUT2D eigenvalue weighted by atomic mass is 9.84. The molecule has 0 bridgehead atoms. The minimum Gasteiger partial charge on any atom is -0.485 e. The van der Waals surface area contributed by atoms with Crippen molar-refractivity contribution >= 4 is 21.8 Å². The highest BCUT2D eigenvalue weighted by Gasteiger charge is 2.30. The zero-order valence-electron chi connectivity index (χ0n) is 12.5. The van der Waals surface area contributed by atoms with Crippen molar-refractivity contribution in [1.82, 2.24) is 5.32 Å². The van der Waals surface area contributed by atoms with Crippen LogP contribution < -0.4 is 14.8 Å². The standard InChI is InChI=1S/C16H22BrNO3/c1-3-16(4-2,10-17)11-18-15(19)14-9-20-12-7-5-6-8-13(12)21-14/h5-8,14H,3-4,9-11H2,1-2H3,(H,18,19). The molecule has 0 aliphatic carbocycles. The Morgan fingerprint density at radius 1 is 1.33 bits per heavy atom. The first-order valence-electron chi connectivity index (χ1n) is 7.36. The minimum absolute atomic E-state index is 0.100. The van der Waals surface area contributed by atoms with Crippen molar-refractivity contribution in [2.75, 3.05) is 18.5 Å². The maximum absolute atomic E-state index is 12.3. The Balaban J connectivity index is 1.93. The normalized spacial score (nSPS) is 17.4. The van der Waals surface area contributed by atoms with Gasteiger partial charge in [-0.05, 0) is 30.4 Å². The van der Waals surface area contributed by atoms with Gasteiger partial charge in [-0.15, -0.1) is 0 Å². The summed E-state index contributed by atoms with van der Waals surface area (Å²) < 4.78 is 11.3. The molecule has 5 heteroatoms. The number of carbonyl (C=O) groups excluding carboxylic acids is 1. The lowest BCUT2D eigenvalue weighted by Gasteiger charge is -2.31. The minimum atomic E-state index is -0.582. The fourth-order valence-corrected chi connectivity index (χ4v) is 3.26. The Kier molecular flexibility index (Phi) is 5.51. The topological polar surface area (TPSA) is 47.6 Å². The number of ether oxygens (including phenoxy) is 2. The van der Waals surface area contributed by atoms with E-state index in [1.807, 2.05) is 24.3 Å². The average Bonchev–Trinajstić information content (AvgIpc) is 2.56. The molecular weight excluding hydrogens is 334 g/mol. The molecule has 1 heterocycles. The molecule has 2 rings (SSSR count). The smallest absolute Gasteiger partial charge is 0.264 e. The Labute approximate surface area is 134 Å². The number of para-hydroxylation sites is 2. The molecule has 1 unspecified atom stereocenters. The Bertz CT molecular complexity index is 480. The molecule has 1 atom stereocenters. The number of hydrogen-bond donors (Lipinski definition) is 1. The number of alkyl halides is 1. The first-order chi connectivity index (χ1) is 10.1. The van der Waals surface area contributed by atoms with Crippen molar-refractivity contribution < 1.29 is 14.3 Å². The van der Waals surface area contributed by atoms with E-state index in [1.165, 1.54) is 0 Å². The van der Waals surface area contributed by atoms with Crippen LogP contribution in [-0.4, -0.2) is 30.5 Å². The van der Waals surface area contributed by atoms with Crippen molar-refractivity contribution in [3.8, 4) is 11.5 Å². The number of hydrogen-bond acceptors (Lipinski definition) is 3. The van der Waals surface area contributed by atoms with Gasteiger partial charge < -0.3 is 14.8 Å². The third-order valence-corrected chi connectivity index (χ3v) is 5.41. The van der Waals surface area contributed by atoms with E-state index in [0.717, 1.165) is 18.2 Å². The molecule has 0 radical (unpaired) electrons. The molecule has 116 valence electrons. The van der Waals surface area contributed by atoms with Crippen LogP contribution in [0.5, 0.6) is 11.5 Å². The molecule has 0 fully saturated rings. The van der Waals surface area contributed by atoms with Crippen molar-refractivity contribution in [3.05, 3.63) is 24.3 Å². The van der Waals surface area contributed by atoms with Crippen molar-refractivity contribution in [1.29, 1.82) is 0 Å². The van der Waals surface area contributed by atoms with Crippen molar-refractivity contribution in [2.24, 2.45) is 5.41 Å². The van der Waals surface area contributed by atoms with E-state index in [9.17, 15) is 4.79 Å². The summed E-state index contributed by atoms with van der Waals surface area (Å²) in [5.41, 5.74) is 0.100. The van der Waals surface area contributed by atoms with Crippen LogP contribution in [0.1, 0.15) is 26.7 Å². The highest BCUT2D eigenvalue weighted by atomic mass is 79.9. The number of halogens is 1. The van der Waals surface area contributed by atoms with Gasteiger partial charge >= 0.3 is 0 Å². The predicted octanol–water partition coefficient (Wildman–Crippen LogP) is 3.14. The second-order valence-electron chi connectivity index (χ2n) is 5.42. The molecule has 1 N–H and O–H groups in total. The van der Waals surface area contributed by atoms with Gasteiger partial charge in [-0.1, -0.05) is 41.9 Å². The summed E-state index contributed by atoms with van der Waals surface area (Å²) in [6.45, 7) is 5.19. The van der Waals surface area contributed by atoms with Gasteiger partial charge in [0.2, 0.25) is 6.10 Å². The molecule has 21 heavy (non-hydrogen) atoms. The largest absolute Gasteiger partial charge is 0.485 e. The van der Waals surface area contributed by atoms with Crippen molar-refractivity contribution in [2.45, 2.75) is 32.8 Å².